The fourth-order valence-electron chi connectivity index (χ4n) is 4.62. The Bertz CT molecular complexity index is 294. The van der Waals surface area contributed by atoms with Gasteiger partial charge >= 0.3 is 0 Å². The monoisotopic (exact) mass is 280 g/mol. The summed E-state index contributed by atoms with van der Waals surface area (Å²) in [5, 5.41) is 0. The van der Waals surface area contributed by atoms with Gasteiger partial charge in [0.1, 0.15) is 0 Å². The van der Waals surface area contributed by atoms with Crippen molar-refractivity contribution >= 4 is 0 Å². The highest BCUT2D eigenvalue weighted by Gasteiger charge is 2.33. The number of hydrogen-bond acceptors (Lipinski definition) is 2. The van der Waals surface area contributed by atoms with Crippen LogP contribution in [0.1, 0.15) is 78.6 Å². The van der Waals surface area contributed by atoms with Crippen LogP contribution in [-0.4, -0.2) is 12.1 Å². The summed E-state index contributed by atoms with van der Waals surface area (Å²) in [6.07, 6.45) is 11.8. The zero-order valence-corrected chi connectivity index (χ0v) is 13.9. The van der Waals surface area contributed by atoms with E-state index in [0.717, 1.165) is 17.8 Å². The highest BCUT2D eigenvalue weighted by molar-refractivity contribution is 4.87. The molecule has 0 amide bonds. The van der Waals surface area contributed by atoms with Crippen molar-refractivity contribution < 1.29 is 0 Å². The second kappa shape index (κ2) is 6.79. The molecule has 118 valence electrons. The molecule has 0 aliphatic heterocycles. The van der Waals surface area contributed by atoms with Crippen LogP contribution in [0, 0.1) is 23.2 Å². The van der Waals surface area contributed by atoms with Crippen molar-refractivity contribution in [1.29, 1.82) is 0 Å². The van der Waals surface area contributed by atoms with Crippen LogP contribution in [0.5, 0.6) is 0 Å². The fraction of sp³-hybridized carbons (Fsp3) is 1.00. The molecule has 0 heterocycles. The van der Waals surface area contributed by atoms with E-state index in [1.54, 1.807) is 0 Å². The summed E-state index contributed by atoms with van der Waals surface area (Å²) in [4.78, 5) is 0. The van der Waals surface area contributed by atoms with E-state index < -0.39 is 0 Å². The van der Waals surface area contributed by atoms with Gasteiger partial charge in [0, 0.05) is 12.1 Å². The van der Waals surface area contributed by atoms with E-state index in [0.29, 0.717) is 17.5 Å². The Morgan fingerprint density at radius 3 is 1.80 bits per heavy atom. The van der Waals surface area contributed by atoms with Crippen LogP contribution in [0.4, 0.5) is 0 Å². The van der Waals surface area contributed by atoms with E-state index in [1.165, 1.54) is 57.8 Å². The molecule has 0 bridgehead atoms. The summed E-state index contributed by atoms with van der Waals surface area (Å²) in [5.74, 6) is 2.50. The summed E-state index contributed by atoms with van der Waals surface area (Å²) in [5.41, 5.74) is 13.1. The molecule has 2 fully saturated rings. The predicted molar refractivity (Wildman–Crippen MR) is 87.4 cm³/mol. The fourth-order valence-corrected chi connectivity index (χ4v) is 4.62. The van der Waals surface area contributed by atoms with E-state index in [2.05, 4.69) is 20.8 Å². The van der Waals surface area contributed by atoms with Crippen LogP contribution < -0.4 is 11.5 Å². The molecule has 5 atom stereocenters. The minimum absolute atomic E-state index is 0.405. The topological polar surface area (TPSA) is 52.0 Å². The normalized spacial score (nSPS) is 41.0. The third kappa shape index (κ3) is 4.46. The lowest BCUT2D eigenvalue weighted by Crippen LogP contribution is -2.37. The van der Waals surface area contributed by atoms with Crippen LogP contribution in [0.25, 0.3) is 0 Å². The largest absolute Gasteiger partial charge is 0.328 e. The van der Waals surface area contributed by atoms with Crippen molar-refractivity contribution in [2.75, 3.05) is 0 Å². The molecule has 2 nitrogen and oxygen atoms in total. The minimum Gasteiger partial charge on any atom is -0.328 e. The van der Waals surface area contributed by atoms with Gasteiger partial charge in [-0.05, 0) is 55.3 Å². The molecule has 2 saturated carbocycles. The first-order valence-corrected chi connectivity index (χ1v) is 8.87. The van der Waals surface area contributed by atoms with Crippen molar-refractivity contribution in [3.05, 3.63) is 0 Å². The molecule has 4 N–H and O–H groups in total. The molecule has 2 heteroatoms. The molecule has 0 aromatic carbocycles. The molecule has 0 aromatic rings. The van der Waals surface area contributed by atoms with Gasteiger partial charge in [0.15, 0.2) is 0 Å². The number of rotatable bonds is 1. The van der Waals surface area contributed by atoms with Crippen LogP contribution in [0.2, 0.25) is 0 Å². The van der Waals surface area contributed by atoms with E-state index in [9.17, 15) is 0 Å². The molecular formula is C18H36N2. The standard InChI is InChI=1S/C18H36N2/c1-18(2,3)15-8-4-6-14(11-17(20)12-15)13-7-5-9-16(19)10-13/h13-17H,4-12,19-20H2,1-3H3. The average molecular weight is 280 g/mol. The smallest absolute Gasteiger partial charge is 0.00444 e. The molecule has 0 radical (unpaired) electrons. The predicted octanol–water partition coefficient (Wildman–Crippen LogP) is 4.07. The first-order chi connectivity index (χ1) is 9.36. The number of hydrogen-bond donors (Lipinski definition) is 2. The Hall–Kier alpha value is -0.0800. The van der Waals surface area contributed by atoms with Gasteiger partial charge in [0.25, 0.3) is 0 Å². The first-order valence-electron chi connectivity index (χ1n) is 8.87. The van der Waals surface area contributed by atoms with Gasteiger partial charge in [-0.1, -0.05) is 46.5 Å². The summed E-state index contributed by atoms with van der Waals surface area (Å²) in [7, 11) is 0. The minimum atomic E-state index is 0.405. The van der Waals surface area contributed by atoms with Crippen molar-refractivity contribution in [2.24, 2.45) is 34.6 Å². The van der Waals surface area contributed by atoms with Crippen molar-refractivity contribution in [3.8, 4) is 0 Å². The van der Waals surface area contributed by atoms with Crippen molar-refractivity contribution in [3.63, 3.8) is 0 Å². The van der Waals surface area contributed by atoms with E-state index in [1.807, 2.05) is 0 Å². The molecular weight excluding hydrogens is 244 g/mol. The Labute approximate surface area is 126 Å². The van der Waals surface area contributed by atoms with Gasteiger partial charge in [-0.15, -0.1) is 0 Å². The van der Waals surface area contributed by atoms with Gasteiger partial charge in [-0.25, -0.2) is 0 Å². The maximum absolute atomic E-state index is 6.49. The first kappa shape index (κ1) is 16.3. The van der Waals surface area contributed by atoms with Crippen molar-refractivity contribution in [2.45, 2.75) is 90.6 Å². The van der Waals surface area contributed by atoms with E-state index in [-0.39, 0.29) is 0 Å². The maximum Gasteiger partial charge on any atom is 0.00444 e. The average Bonchev–Trinajstić information content (AvgIpc) is 2.31. The van der Waals surface area contributed by atoms with Gasteiger partial charge in [-0.2, -0.15) is 0 Å². The molecule has 2 rings (SSSR count). The van der Waals surface area contributed by atoms with Gasteiger partial charge in [0.05, 0.1) is 0 Å². The highest BCUT2D eigenvalue weighted by Crippen LogP contribution is 2.41. The van der Waals surface area contributed by atoms with Crippen molar-refractivity contribution in [1.82, 2.24) is 0 Å². The Morgan fingerprint density at radius 2 is 1.25 bits per heavy atom. The van der Waals surface area contributed by atoms with Crippen LogP contribution >= 0.6 is 0 Å². The Kier molecular flexibility index (Phi) is 5.53. The maximum atomic E-state index is 6.49. The molecule has 0 saturated heterocycles. The zero-order chi connectivity index (χ0) is 14.8. The summed E-state index contributed by atoms with van der Waals surface area (Å²) in [6, 6.07) is 0.861. The molecule has 2 aliphatic carbocycles. The molecule has 0 spiro atoms. The lowest BCUT2D eigenvalue weighted by molar-refractivity contribution is 0.135. The summed E-state index contributed by atoms with van der Waals surface area (Å²) < 4.78 is 0. The Morgan fingerprint density at radius 1 is 0.700 bits per heavy atom. The molecule has 0 aromatic heterocycles. The Balaban J connectivity index is 1.92. The lowest BCUT2D eigenvalue weighted by Gasteiger charge is -2.39. The third-order valence-electron chi connectivity index (χ3n) is 5.97. The molecule has 20 heavy (non-hydrogen) atoms. The van der Waals surface area contributed by atoms with Crippen LogP contribution in [0.15, 0.2) is 0 Å². The summed E-state index contributed by atoms with van der Waals surface area (Å²) >= 11 is 0. The second-order valence-electron chi connectivity index (χ2n) is 8.67. The zero-order valence-electron chi connectivity index (χ0n) is 13.9. The SMILES string of the molecule is CC(C)(C)C1CCCC(C2CCCC(N)C2)CC(N)C1. The van der Waals surface area contributed by atoms with Gasteiger partial charge in [-0.3, -0.25) is 0 Å². The van der Waals surface area contributed by atoms with E-state index >= 15 is 0 Å². The van der Waals surface area contributed by atoms with Gasteiger partial charge in [0.2, 0.25) is 0 Å². The van der Waals surface area contributed by atoms with Gasteiger partial charge < -0.3 is 11.5 Å². The molecule has 2 aliphatic rings. The quantitative estimate of drug-likeness (QED) is 0.760. The molecule has 5 unspecified atom stereocenters. The van der Waals surface area contributed by atoms with E-state index in [4.69, 9.17) is 11.5 Å². The second-order valence-corrected chi connectivity index (χ2v) is 8.67. The lowest BCUT2D eigenvalue weighted by atomic mass is 9.68. The number of nitrogens with two attached hydrogens (primary N) is 2. The third-order valence-corrected chi connectivity index (χ3v) is 5.97. The summed E-state index contributed by atoms with van der Waals surface area (Å²) in [6.45, 7) is 7.14. The highest BCUT2D eigenvalue weighted by atomic mass is 14.7. The van der Waals surface area contributed by atoms with Crippen LogP contribution in [-0.2, 0) is 0 Å². The van der Waals surface area contributed by atoms with Crippen LogP contribution in [0.3, 0.4) is 0 Å².